The van der Waals surface area contributed by atoms with Gasteiger partial charge in [0.15, 0.2) is 0 Å². The van der Waals surface area contributed by atoms with Crippen molar-refractivity contribution >= 4 is 23.9 Å². The fourth-order valence-corrected chi connectivity index (χ4v) is 4.75. The van der Waals surface area contributed by atoms with Crippen molar-refractivity contribution in [3.05, 3.63) is 71.8 Å². The van der Waals surface area contributed by atoms with Gasteiger partial charge in [0.1, 0.15) is 0 Å². The van der Waals surface area contributed by atoms with E-state index < -0.39 is 59.4 Å². The molecule has 0 bridgehead atoms. The Labute approximate surface area is 171 Å². The van der Waals surface area contributed by atoms with Gasteiger partial charge in [-0.3, -0.25) is 19.2 Å². The SMILES string of the molecule is O=C(O)C1C(C(=O)O)C(c2ccccc2)C(C(=O)O)C(C(=O)O)C1c1ccccc1. The zero-order valence-electron chi connectivity index (χ0n) is 15.7. The molecule has 30 heavy (non-hydrogen) atoms. The van der Waals surface area contributed by atoms with Crippen LogP contribution >= 0.6 is 0 Å². The van der Waals surface area contributed by atoms with Crippen LogP contribution in [0.25, 0.3) is 0 Å². The van der Waals surface area contributed by atoms with Crippen LogP contribution in [0.3, 0.4) is 0 Å². The van der Waals surface area contributed by atoms with E-state index in [1.165, 1.54) is 24.3 Å². The topological polar surface area (TPSA) is 149 Å². The van der Waals surface area contributed by atoms with Crippen molar-refractivity contribution in [1.82, 2.24) is 0 Å². The van der Waals surface area contributed by atoms with Crippen molar-refractivity contribution in [3.63, 3.8) is 0 Å². The van der Waals surface area contributed by atoms with Gasteiger partial charge >= 0.3 is 23.9 Å². The van der Waals surface area contributed by atoms with Crippen LogP contribution in [0.15, 0.2) is 60.7 Å². The van der Waals surface area contributed by atoms with E-state index in [2.05, 4.69) is 0 Å². The lowest BCUT2D eigenvalue weighted by molar-refractivity contribution is -0.172. The number of hydrogen-bond donors (Lipinski definition) is 4. The Morgan fingerprint density at radius 1 is 0.467 bits per heavy atom. The maximum Gasteiger partial charge on any atom is 0.308 e. The number of hydrogen-bond acceptors (Lipinski definition) is 4. The molecular formula is C22H20O8. The van der Waals surface area contributed by atoms with Crippen LogP contribution < -0.4 is 0 Å². The van der Waals surface area contributed by atoms with Gasteiger partial charge in [0.05, 0.1) is 23.7 Å². The predicted molar refractivity (Wildman–Crippen MR) is 103 cm³/mol. The molecule has 1 aliphatic carbocycles. The second-order valence-corrected chi connectivity index (χ2v) is 7.33. The van der Waals surface area contributed by atoms with Crippen LogP contribution in [0.2, 0.25) is 0 Å². The summed E-state index contributed by atoms with van der Waals surface area (Å²) < 4.78 is 0. The third-order valence-electron chi connectivity index (χ3n) is 5.83. The lowest BCUT2D eigenvalue weighted by Crippen LogP contribution is -2.54. The highest BCUT2D eigenvalue weighted by molar-refractivity contribution is 5.89. The zero-order valence-corrected chi connectivity index (χ0v) is 15.7. The average Bonchev–Trinajstić information content (AvgIpc) is 2.72. The van der Waals surface area contributed by atoms with Gasteiger partial charge in [-0.25, -0.2) is 0 Å². The highest BCUT2D eigenvalue weighted by Gasteiger charge is 2.61. The molecule has 156 valence electrons. The minimum atomic E-state index is -1.63. The largest absolute Gasteiger partial charge is 0.481 e. The molecule has 0 saturated heterocycles. The van der Waals surface area contributed by atoms with E-state index in [-0.39, 0.29) is 11.1 Å². The molecule has 0 aliphatic heterocycles. The normalized spacial score (nSPS) is 28.4. The predicted octanol–water partition coefficient (Wildman–Crippen LogP) is 2.37. The average molecular weight is 412 g/mol. The third kappa shape index (κ3) is 3.63. The Morgan fingerprint density at radius 2 is 0.700 bits per heavy atom. The molecule has 0 aromatic heterocycles. The molecule has 3 rings (SSSR count). The summed E-state index contributed by atoms with van der Waals surface area (Å²) in [7, 11) is 0. The second kappa shape index (κ2) is 8.36. The van der Waals surface area contributed by atoms with Gasteiger partial charge in [0.2, 0.25) is 0 Å². The van der Waals surface area contributed by atoms with E-state index in [4.69, 9.17) is 0 Å². The van der Waals surface area contributed by atoms with Crippen LogP contribution in [0.5, 0.6) is 0 Å². The molecular weight excluding hydrogens is 392 g/mol. The van der Waals surface area contributed by atoms with Crippen LogP contribution in [-0.4, -0.2) is 44.3 Å². The molecule has 1 aliphatic rings. The molecule has 0 radical (unpaired) electrons. The standard InChI is InChI=1S/C22H20O8/c23-19(24)15-13(11-7-3-1-4-8-11)16(20(25)26)18(22(29)30)14(17(15)21(27)28)12-9-5-2-6-10-12/h1-10,13-18H,(H,23,24)(H,25,26)(H,27,28)(H,29,30). The fourth-order valence-electron chi connectivity index (χ4n) is 4.75. The van der Waals surface area contributed by atoms with Crippen LogP contribution in [0, 0.1) is 23.7 Å². The molecule has 8 heteroatoms. The molecule has 0 heterocycles. The Hall–Kier alpha value is -3.68. The summed E-state index contributed by atoms with van der Waals surface area (Å²) in [5, 5.41) is 39.9. The minimum absolute atomic E-state index is 0.279. The van der Waals surface area contributed by atoms with E-state index in [0.29, 0.717) is 0 Å². The smallest absolute Gasteiger partial charge is 0.308 e. The van der Waals surface area contributed by atoms with Crippen molar-refractivity contribution in [1.29, 1.82) is 0 Å². The lowest BCUT2D eigenvalue weighted by Gasteiger charge is -2.46. The molecule has 2 aromatic carbocycles. The molecule has 8 nitrogen and oxygen atoms in total. The fraction of sp³-hybridized carbons (Fsp3) is 0.273. The summed E-state index contributed by atoms with van der Waals surface area (Å²) in [6.07, 6.45) is 0. The van der Waals surface area contributed by atoms with Crippen molar-refractivity contribution in [2.45, 2.75) is 11.8 Å². The van der Waals surface area contributed by atoms with Gasteiger partial charge in [0, 0.05) is 11.8 Å². The number of aliphatic carboxylic acids is 4. The van der Waals surface area contributed by atoms with Crippen LogP contribution in [0.4, 0.5) is 0 Å². The quantitative estimate of drug-likeness (QED) is 0.565. The van der Waals surface area contributed by atoms with Gasteiger partial charge in [-0.15, -0.1) is 0 Å². The Bertz CT molecular complexity index is 836. The Kier molecular flexibility index (Phi) is 5.86. The number of carboxylic acid groups (broad SMARTS) is 4. The van der Waals surface area contributed by atoms with Gasteiger partial charge < -0.3 is 20.4 Å². The molecule has 2 aromatic rings. The first-order valence-electron chi connectivity index (χ1n) is 9.26. The van der Waals surface area contributed by atoms with Crippen molar-refractivity contribution in [2.24, 2.45) is 23.7 Å². The summed E-state index contributed by atoms with van der Waals surface area (Å²) in [6.45, 7) is 0. The molecule has 4 atom stereocenters. The van der Waals surface area contributed by atoms with Crippen molar-refractivity contribution < 1.29 is 39.6 Å². The maximum absolute atomic E-state index is 12.3. The number of carboxylic acids is 4. The van der Waals surface area contributed by atoms with E-state index in [0.717, 1.165) is 0 Å². The van der Waals surface area contributed by atoms with E-state index in [1.54, 1.807) is 36.4 Å². The van der Waals surface area contributed by atoms with Crippen molar-refractivity contribution in [2.75, 3.05) is 0 Å². The highest BCUT2D eigenvalue weighted by atomic mass is 16.4. The van der Waals surface area contributed by atoms with Crippen LogP contribution in [0.1, 0.15) is 23.0 Å². The van der Waals surface area contributed by atoms with Gasteiger partial charge in [-0.2, -0.15) is 0 Å². The third-order valence-corrected chi connectivity index (χ3v) is 5.83. The van der Waals surface area contributed by atoms with E-state index in [1.807, 2.05) is 0 Å². The van der Waals surface area contributed by atoms with Gasteiger partial charge in [-0.1, -0.05) is 60.7 Å². The first kappa shape index (κ1) is 21.0. The van der Waals surface area contributed by atoms with Crippen molar-refractivity contribution in [3.8, 4) is 0 Å². The molecule has 0 spiro atoms. The van der Waals surface area contributed by atoms with E-state index >= 15 is 0 Å². The Balaban J connectivity index is 2.33. The molecule has 4 N–H and O–H groups in total. The lowest BCUT2D eigenvalue weighted by atomic mass is 9.54. The number of rotatable bonds is 6. The minimum Gasteiger partial charge on any atom is -0.481 e. The molecule has 4 unspecified atom stereocenters. The summed E-state index contributed by atoms with van der Waals surface area (Å²) in [4.78, 5) is 49.1. The number of benzene rings is 2. The Morgan fingerprint density at radius 3 is 0.900 bits per heavy atom. The second-order valence-electron chi connectivity index (χ2n) is 7.33. The first-order valence-corrected chi connectivity index (χ1v) is 9.26. The van der Waals surface area contributed by atoms with Crippen LogP contribution in [-0.2, 0) is 19.2 Å². The first-order chi connectivity index (χ1) is 14.3. The summed E-state index contributed by atoms with van der Waals surface area (Å²) in [6, 6.07) is 15.6. The van der Waals surface area contributed by atoms with E-state index in [9.17, 15) is 39.6 Å². The monoisotopic (exact) mass is 412 g/mol. The van der Waals surface area contributed by atoms with Gasteiger partial charge in [0.25, 0.3) is 0 Å². The highest BCUT2D eigenvalue weighted by Crippen LogP contribution is 2.54. The summed E-state index contributed by atoms with van der Waals surface area (Å²) >= 11 is 0. The maximum atomic E-state index is 12.3. The molecule has 1 fully saturated rings. The zero-order chi connectivity index (χ0) is 22.0. The summed E-state index contributed by atoms with van der Waals surface area (Å²) in [5.41, 5.74) is 0.558. The molecule has 1 saturated carbocycles. The molecule has 0 amide bonds. The van der Waals surface area contributed by atoms with Gasteiger partial charge in [-0.05, 0) is 11.1 Å². The summed E-state index contributed by atoms with van der Waals surface area (Å²) in [5.74, 6) is -15.1. The number of carbonyl (C=O) groups is 4.